The molecule has 3 rings (SSSR count). The van der Waals surface area contributed by atoms with Gasteiger partial charge in [0, 0.05) is 29.7 Å². The summed E-state index contributed by atoms with van der Waals surface area (Å²) in [5, 5.41) is 30.7. The van der Waals surface area contributed by atoms with Crippen LogP contribution in [0.25, 0.3) is 0 Å². The lowest BCUT2D eigenvalue weighted by Crippen LogP contribution is -2.21. The third-order valence-corrected chi connectivity index (χ3v) is 5.38. The number of hydrogen-bond acceptors (Lipinski definition) is 9. The van der Waals surface area contributed by atoms with Crippen molar-refractivity contribution in [3.05, 3.63) is 84.3 Å². The van der Waals surface area contributed by atoms with Crippen molar-refractivity contribution in [1.82, 2.24) is 14.3 Å². The number of nitrogens with one attached hydrogen (secondary N) is 2. The summed E-state index contributed by atoms with van der Waals surface area (Å²) in [4.78, 5) is 9.34. The van der Waals surface area contributed by atoms with Crippen molar-refractivity contribution in [2.24, 2.45) is 0 Å². The molecule has 0 bridgehead atoms. The molecule has 0 fully saturated rings. The molecule has 2 aromatic carbocycles. The number of nitrogen functional groups attached to an aromatic ring is 1. The van der Waals surface area contributed by atoms with Crippen LogP contribution in [-0.4, -0.2) is 38.2 Å². The predicted molar refractivity (Wildman–Crippen MR) is 123 cm³/mol. The highest BCUT2D eigenvalue weighted by Gasteiger charge is 2.17. The fourth-order valence-electron chi connectivity index (χ4n) is 2.78. The van der Waals surface area contributed by atoms with Gasteiger partial charge in [0.15, 0.2) is 0 Å². The number of nitrogens with two attached hydrogens (primary N) is 1. The molecule has 0 unspecified atom stereocenters. The van der Waals surface area contributed by atoms with E-state index in [1.807, 2.05) is 40.7 Å². The van der Waals surface area contributed by atoms with Crippen molar-refractivity contribution in [3.8, 4) is 11.8 Å². The lowest BCUT2D eigenvalue weighted by atomic mass is 10.0. The molecule has 31 heavy (non-hydrogen) atoms. The maximum atomic E-state index is 9.72. The molecule has 9 heteroatoms. The Kier molecular flexibility index (Phi) is 7.09. The molecule has 5 N–H and O–H groups in total. The Labute approximate surface area is 184 Å². The van der Waals surface area contributed by atoms with Gasteiger partial charge < -0.3 is 20.5 Å². The first-order chi connectivity index (χ1) is 15.0. The number of aromatic nitrogens is 2. The third kappa shape index (κ3) is 5.32. The number of rotatable bonds is 9. The van der Waals surface area contributed by atoms with E-state index in [-0.39, 0.29) is 22.8 Å². The minimum Gasteiger partial charge on any atom is -0.507 e. The van der Waals surface area contributed by atoms with Gasteiger partial charge in [0.25, 0.3) is 0 Å². The number of aromatic hydroxyl groups is 1. The number of benzene rings is 2. The zero-order valence-electron chi connectivity index (χ0n) is 16.6. The molecule has 0 atom stereocenters. The van der Waals surface area contributed by atoms with Gasteiger partial charge in [0.1, 0.15) is 29.8 Å². The predicted octanol–water partition coefficient (Wildman–Crippen LogP) is 3.62. The molecular formula is C22H21N7OS. The fraction of sp³-hybridized carbons (Fsp3) is 0.0909. The Morgan fingerprint density at radius 1 is 1.29 bits per heavy atom. The first-order valence-corrected chi connectivity index (χ1v) is 10.1. The van der Waals surface area contributed by atoms with Crippen LogP contribution >= 0.6 is 11.9 Å². The largest absolute Gasteiger partial charge is 0.507 e. The van der Waals surface area contributed by atoms with E-state index >= 15 is 0 Å². The van der Waals surface area contributed by atoms with Crippen molar-refractivity contribution in [1.29, 1.82) is 10.7 Å². The summed E-state index contributed by atoms with van der Waals surface area (Å²) in [7, 11) is 0. The molecule has 0 spiro atoms. The van der Waals surface area contributed by atoms with E-state index in [2.05, 4.69) is 21.9 Å². The lowest BCUT2D eigenvalue weighted by molar-refractivity contribution is 0.473. The summed E-state index contributed by atoms with van der Waals surface area (Å²) in [6.07, 6.45) is 3.08. The molecule has 0 radical (unpaired) electrons. The van der Waals surface area contributed by atoms with E-state index < -0.39 is 0 Å². The van der Waals surface area contributed by atoms with Crippen molar-refractivity contribution in [2.45, 2.75) is 4.90 Å². The first kappa shape index (κ1) is 21.7. The topological polar surface area (TPSA) is 135 Å². The zero-order chi connectivity index (χ0) is 22.2. The lowest BCUT2D eigenvalue weighted by Gasteiger charge is -2.20. The van der Waals surface area contributed by atoms with Gasteiger partial charge in [-0.15, -0.1) is 0 Å². The van der Waals surface area contributed by atoms with Gasteiger partial charge in [-0.25, -0.2) is 9.97 Å². The van der Waals surface area contributed by atoms with Crippen LogP contribution in [-0.2, 0) is 0 Å². The summed E-state index contributed by atoms with van der Waals surface area (Å²) in [6, 6.07) is 16.2. The number of phenols is 1. The molecule has 0 saturated heterocycles. The van der Waals surface area contributed by atoms with Crippen LogP contribution in [0.3, 0.4) is 0 Å². The standard InChI is InChI=1S/C22H21N7OS/c1-2-29(31-17-6-4-3-5-7-17)11-10-26-22-19(21(25)27-14-28-22)20(24)15-8-9-18(30)16(12-15)13-23/h2-9,12,14,24,30H,1,10-11H2,(H3,25,26,27,28). The monoisotopic (exact) mass is 431 g/mol. The van der Waals surface area contributed by atoms with Crippen LogP contribution in [0.5, 0.6) is 5.75 Å². The second-order valence-corrected chi connectivity index (χ2v) is 7.48. The molecule has 8 nitrogen and oxygen atoms in total. The van der Waals surface area contributed by atoms with Crippen LogP contribution < -0.4 is 11.1 Å². The van der Waals surface area contributed by atoms with Crippen molar-refractivity contribution in [3.63, 3.8) is 0 Å². The highest BCUT2D eigenvalue weighted by molar-refractivity contribution is 7.97. The zero-order valence-corrected chi connectivity index (χ0v) is 17.4. The third-order valence-electron chi connectivity index (χ3n) is 4.33. The average Bonchev–Trinajstić information content (AvgIpc) is 2.79. The molecule has 0 aliphatic heterocycles. The molecular weight excluding hydrogens is 410 g/mol. The van der Waals surface area contributed by atoms with Gasteiger partial charge in [0.05, 0.1) is 16.8 Å². The van der Waals surface area contributed by atoms with E-state index in [0.717, 1.165) is 4.90 Å². The summed E-state index contributed by atoms with van der Waals surface area (Å²) in [5.41, 5.74) is 6.92. The molecule has 0 amide bonds. The fourth-order valence-corrected chi connectivity index (χ4v) is 3.59. The van der Waals surface area contributed by atoms with Crippen molar-refractivity contribution >= 4 is 29.3 Å². The number of anilines is 2. The van der Waals surface area contributed by atoms with E-state index in [0.29, 0.717) is 30.0 Å². The highest BCUT2D eigenvalue weighted by atomic mass is 32.2. The van der Waals surface area contributed by atoms with Gasteiger partial charge in [-0.3, -0.25) is 5.41 Å². The summed E-state index contributed by atoms with van der Waals surface area (Å²) in [6.45, 7) is 4.99. The Morgan fingerprint density at radius 3 is 2.77 bits per heavy atom. The quantitative estimate of drug-likeness (QED) is 0.298. The average molecular weight is 432 g/mol. The van der Waals surface area contributed by atoms with Crippen molar-refractivity contribution < 1.29 is 5.11 Å². The van der Waals surface area contributed by atoms with E-state index in [1.54, 1.807) is 24.2 Å². The summed E-state index contributed by atoms with van der Waals surface area (Å²) >= 11 is 1.56. The maximum Gasteiger partial charge on any atom is 0.141 e. The molecule has 0 saturated carbocycles. The molecule has 156 valence electrons. The Hall–Kier alpha value is -4.03. The van der Waals surface area contributed by atoms with Crippen LogP contribution in [0.15, 0.2) is 72.5 Å². The number of nitrogens with zero attached hydrogens (tertiary/aromatic N) is 4. The summed E-state index contributed by atoms with van der Waals surface area (Å²) in [5.74, 6) is 0.418. The molecule has 0 aliphatic carbocycles. The normalized spacial score (nSPS) is 10.2. The SMILES string of the molecule is C=CN(CCNc1ncnc(N)c1C(=N)c1ccc(O)c(C#N)c1)Sc1ccccc1. The van der Waals surface area contributed by atoms with Gasteiger partial charge in [-0.1, -0.05) is 24.8 Å². The highest BCUT2D eigenvalue weighted by Crippen LogP contribution is 2.25. The number of phenolic OH excluding ortho intramolecular Hbond substituents is 1. The smallest absolute Gasteiger partial charge is 0.141 e. The van der Waals surface area contributed by atoms with Gasteiger partial charge >= 0.3 is 0 Å². The number of hydrogen-bond donors (Lipinski definition) is 4. The Morgan fingerprint density at radius 2 is 2.06 bits per heavy atom. The molecule has 0 aliphatic rings. The molecule has 1 heterocycles. The van der Waals surface area contributed by atoms with Crippen LogP contribution in [0, 0.1) is 16.7 Å². The Balaban J connectivity index is 1.74. The van der Waals surface area contributed by atoms with Gasteiger partial charge in [-0.2, -0.15) is 5.26 Å². The van der Waals surface area contributed by atoms with Gasteiger partial charge in [-0.05, 0) is 42.3 Å². The van der Waals surface area contributed by atoms with Crippen LogP contribution in [0.1, 0.15) is 16.7 Å². The maximum absolute atomic E-state index is 9.72. The Bertz CT molecular complexity index is 1130. The second-order valence-electron chi connectivity index (χ2n) is 6.36. The molecule has 1 aromatic heterocycles. The number of nitriles is 1. The van der Waals surface area contributed by atoms with Crippen LogP contribution in [0.2, 0.25) is 0 Å². The summed E-state index contributed by atoms with van der Waals surface area (Å²) < 4.78 is 1.98. The van der Waals surface area contributed by atoms with Crippen molar-refractivity contribution in [2.75, 3.05) is 24.1 Å². The van der Waals surface area contributed by atoms with E-state index in [9.17, 15) is 5.11 Å². The van der Waals surface area contributed by atoms with E-state index in [4.69, 9.17) is 16.4 Å². The minimum atomic E-state index is -0.143. The first-order valence-electron chi connectivity index (χ1n) is 9.32. The van der Waals surface area contributed by atoms with Crippen LogP contribution in [0.4, 0.5) is 11.6 Å². The minimum absolute atomic E-state index is 0.0522. The molecule has 3 aromatic rings. The van der Waals surface area contributed by atoms with E-state index in [1.165, 1.54) is 18.5 Å². The van der Waals surface area contributed by atoms with Gasteiger partial charge in [0.2, 0.25) is 0 Å². The second kappa shape index (κ2) is 10.1.